The first-order valence-corrected chi connectivity index (χ1v) is 8.49. The van der Waals surface area contributed by atoms with Crippen molar-refractivity contribution in [1.82, 2.24) is 14.5 Å². The van der Waals surface area contributed by atoms with Crippen molar-refractivity contribution in [1.29, 1.82) is 5.26 Å². The van der Waals surface area contributed by atoms with Crippen LogP contribution in [0.3, 0.4) is 0 Å². The molecule has 1 aromatic heterocycles. The Hall–Kier alpha value is -2.06. The maximum Gasteiger partial charge on any atom is 0.326 e. The number of hydrogen-bond donors (Lipinski definition) is 1. The largest absolute Gasteiger partial charge is 0.326 e. The Bertz CT molecular complexity index is 800. The van der Waals surface area contributed by atoms with Crippen LogP contribution < -0.4 is 5.69 Å². The molecule has 1 N–H and O–H groups in total. The Balaban J connectivity index is 1.46. The number of H-pyrrole nitrogens is 1. The highest BCUT2D eigenvalue weighted by molar-refractivity contribution is 5.75. The summed E-state index contributed by atoms with van der Waals surface area (Å²) < 4.78 is 1.94. The summed E-state index contributed by atoms with van der Waals surface area (Å²) in [4.78, 5) is 17.7. The van der Waals surface area contributed by atoms with Crippen molar-refractivity contribution in [2.24, 2.45) is 5.41 Å². The highest BCUT2D eigenvalue weighted by atomic mass is 16.1. The average molecular weight is 310 g/mol. The minimum atomic E-state index is 0.00722. The van der Waals surface area contributed by atoms with E-state index in [0.717, 1.165) is 43.5 Å². The molecule has 5 nitrogen and oxygen atoms in total. The second-order valence-corrected chi connectivity index (χ2v) is 7.16. The lowest BCUT2D eigenvalue weighted by Gasteiger charge is -2.34. The third-order valence-corrected chi connectivity index (χ3v) is 5.52. The highest BCUT2D eigenvalue weighted by Gasteiger charge is 2.44. The SMILES string of the molecule is N#CCC1(CN2CCC(n3c(=O)[nH]c4ccccc43)CC2)CC1. The molecule has 1 saturated heterocycles. The summed E-state index contributed by atoms with van der Waals surface area (Å²) in [6.45, 7) is 3.09. The molecule has 0 amide bonds. The van der Waals surface area contributed by atoms with Crippen LogP contribution in [0, 0.1) is 16.7 Å². The van der Waals surface area contributed by atoms with Gasteiger partial charge >= 0.3 is 5.69 Å². The van der Waals surface area contributed by atoms with E-state index in [2.05, 4.69) is 16.0 Å². The molecule has 1 aliphatic carbocycles. The zero-order valence-electron chi connectivity index (χ0n) is 13.3. The number of likely N-dealkylation sites (tertiary alicyclic amines) is 1. The van der Waals surface area contributed by atoms with Crippen molar-refractivity contribution in [3.63, 3.8) is 0 Å². The molecule has 0 unspecified atom stereocenters. The number of nitriles is 1. The maximum absolute atomic E-state index is 12.3. The first kappa shape index (κ1) is 14.5. The van der Waals surface area contributed by atoms with Gasteiger partial charge in [-0.3, -0.25) is 4.57 Å². The van der Waals surface area contributed by atoms with Gasteiger partial charge in [-0.1, -0.05) is 12.1 Å². The number of rotatable bonds is 4. The molecule has 0 spiro atoms. The van der Waals surface area contributed by atoms with Gasteiger partial charge in [-0.05, 0) is 43.2 Å². The molecule has 5 heteroatoms. The van der Waals surface area contributed by atoms with Gasteiger partial charge < -0.3 is 9.88 Å². The number of piperidine rings is 1. The number of nitrogens with zero attached hydrogens (tertiary/aromatic N) is 3. The van der Waals surface area contributed by atoms with Crippen molar-refractivity contribution in [3.05, 3.63) is 34.7 Å². The van der Waals surface area contributed by atoms with Crippen LogP contribution in [0.2, 0.25) is 0 Å². The lowest BCUT2D eigenvalue weighted by molar-refractivity contribution is 0.156. The van der Waals surface area contributed by atoms with Gasteiger partial charge in [0.1, 0.15) is 0 Å². The van der Waals surface area contributed by atoms with Gasteiger partial charge in [0.15, 0.2) is 0 Å². The van der Waals surface area contributed by atoms with Crippen LogP contribution in [0.5, 0.6) is 0 Å². The monoisotopic (exact) mass is 310 g/mol. The molecule has 2 aliphatic rings. The van der Waals surface area contributed by atoms with E-state index in [0.29, 0.717) is 6.42 Å². The Morgan fingerprint density at radius 1 is 1.26 bits per heavy atom. The van der Waals surface area contributed by atoms with Gasteiger partial charge in [-0.2, -0.15) is 5.26 Å². The number of aromatic nitrogens is 2. The van der Waals surface area contributed by atoms with E-state index >= 15 is 0 Å². The molecule has 1 saturated carbocycles. The number of aromatic amines is 1. The van der Waals surface area contributed by atoms with Crippen LogP contribution >= 0.6 is 0 Å². The average Bonchev–Trinajstić information content (AvgIpc) is 3.21. The molecule has 23 heavy (non-hydrogen) atoms. The van der Waals surface area contributed by atoms with Gasteiger partial charge in [-0.25, -0.2) is 4.79 Å². The lowest BCUT2D eigenvalue weighted by Crippen LogP contribution is -2.39. The summed E-state index contributed by atoms with van der Waals surface area (Å²) in [6.07, 6.45) is 5.09. The number of nitrogens with one attached hydrogen (secondary N) is 1. The van der Waals surface area contributed by atoms with Crippen LogP contribution in [0.25, 0.3) is 11.0 Å². The Kier molecular flexibility index (Phi) is 3.50. The fourth-order valence-corrected chi connectivity index (χ4v) is 3.98. The number of fused-ring (bicyclic) bond motifs is 1. The zero-order valence-corrected chi connectivity index (χ0v) is 13.3. The van der Waals surface area contributed by atoms with E-state index in [1.54, 1.807) is 0 Å². The number of hydrogen-bond acceptors (Lipinski definition) is 3. The second kappa shape index (κ2) is 5.54. The van der Waals surface area contributed by atoms with Gasteiger partial charge in [0.2, 0.25) is 0 Å². The van der Waals surface area contributed by atoms with Crippen LogP contribution in [0.4, 0.5) is 0 Å². The Morgan fingerprint density at radius 2 is 2.00 bits per heavy atom. The van der Waals surface area contributed by atoms with Crippen molar-refractivity contribution in [3.8, 4) is 6.07 Å². The molecule has 2 fully saturated rings. The summed E-state index contributed by atoms with van der Waals surface area (Å²) in [5.41, 5.74) is 2.22. The topological polar surface area (TPSA) is 64.8 Å². The number of benzene rings is 1. The molecule has 1 aromatic carbocycles. The molecule has 0 bridgehead atoms. The summed E-state index contributed by atoms with van der Waals surface area (Å²) in [6, 6.07) is 10.5. The summed E-state index contributed by atoms with van der Waals surface area (Å²) in [5.74, 6) is 0. The molecule has 0 radical (unpaired) electrons. The normalized spacial score (nSPS) is 21.3. The zero-order chi connectivity index (χ0) is 15.9. The first-order valence-electron chi connectivity index (χ1n) is 8.49. The lowest BCUT2D eigenvalue weighted by atomic mass is 9.99. The van der Waals surface area contributed by atoms with E-state index in [1.165, 1.54) is 12.8 Å². The quantitative estimate of drug-likeness (QED) is 0.944. The van der Waals surface area contributed by atoms with Crippen molar-refractivity contribution in [2.45, 2.75) is 38.1 Å². The van der Waals surface area contributed by atoms with E-state index in [-0.39, 0.29) is 17.1 Å². The van der Waals surface area contributed by atoms with Crippen molar-refractivity contribution < 1.29 is 0 Å². The molecular formula is C18H22N4O. The predicted molar refractivity (Wildman–Crippen MR) is 89.2 cm³/mol. The fourth-order valence-electron chi connectivity index (χ4n) is 3.98. The summed E-state index contributed by atoms with van der Waals surface area (Å²) in [7, 11) is 0. The minimum absolute atomic E-state index is 0.00722. The molecule has 0 atom stereocenters. The standard InChI is InChI=1S/C18H22N4O/c19-10-9-18(7-8-18)13-21-11-5-14(6-12-21)22-16-4-2-1-3-15(16)20-17(22)23/h1-4,14H,5-9,11-13H2,(H,20,23). The maximum atomic E-state index is 12.3. The second-order valence-electron chi connectivity index (χ2n) is 7.16. The van der Waals surface area contributed by atoms with Crippen LogP contribution in [-0.4, -0.2) is 34.1 Å². The third kappa shape index (κ3) is 2.68. The molecular weight excluding hydrogens is 288 g/mol. The van der Waals surface area contributed by atoms with Crippen LogP contribution in [0.15, 0.2) is 29.1 Å². The Labute approximate surface area is 135 Å². The minimum Gasteiger partial charge on any atom is -0.306 e. The van der Waals surface area contributed by atoms with E-state index in [1.807, 2.05) is 28.8 Å². The van der Waals surface area contributed by atoms with Crippen LogP contribution in [0.1, 0.15) is 38.1 Å². The van der Waals surface area contributed by atoms with Crippen LogP contribution in [-0.2, 0) is 0 Å². The summed E-state index contributed by atoms with van der Waals surface area (Å²) in [5, 5.41) is 8.96. The van der Waals surface area contributed by atoms with Gasteiger partial charge in [0.05, 0.1) is 17.1 Å². The molecule has 1 aliphatic heterocycles. The summed E-state index contributed by atoms with van der Waals surface area (Å²) >= 11 is 0. The number of para-hydroxylation sites is 2. The fraction of sp³-hybridized carbons (Fsp3) is 0.556. The van der Waals surface area contributed by atoms with Crippen molar-refractivity contribution in [2.75, 3.05) is 19.6 Å². The highest BCUT2D eigenvalue weighted by Crippen LogP contribution is 2.49. The Morgan fingerprint density at radius 3 is 2.70 bits per heavy atom. The number of imidazole rings is 1. The predicted octanol–water partition coefficient (Wildman–Crippen LogP) is 2.66. The van der Waals surface area contributed by atoms with Gasteiger partial charge in [0, 0.05) is 32.1 Å². The van der Waals surface area contributed by atoms with Gasteiger partial charge in [-0.15, -0.1) is 0 Å². The van der Waals surface area contributed by atoms with Gasteiger partial charge in [0.25, 0.3) is 0 Å². The molecule has 120 valence electrons. The van der Waals surface area contributed by atoms with Crippen molar-refractivity contribution >= 4 is 11.0 Å². The smallest absolute Gasteiger partial charge is 0.306 e. The van der Waals surface area contributed by atoms with E-state index in [4.69, 9.17) is 5.26 Å². The first-order chi connectivity index (χ1) is 11.2. The molecule has 2 aromatic rings. The molecule has 2 heterocycles. The van der Waals surface area contributed by atoms with E-state index in [9.17, 15) is 4.79 Å². The van der Waals surface area contributed by atoms with E-state index < -0.39 is 0 Å². The third-order valence-electron chi connectivity index (χ3n) is 5.52. The molecule has 4 rings (SSSR count).